The number of ether oxygens (including phenoxy) is 1. The molecule has 0 amide bonds. The number of hydrogen-bond acceptors (Lipinski definition) is 3. The Kier molecular flexibility index (Phi) is 4.37. The molecule has 0 spiro atoms. The summed E-state index contributed by atoms with van der Waals surface area (Å²) in [6.07, 6.45) is 3.92. The summed E-state index contributed by atoms with van der Waals surface area (Å²) in [6.45, 7) is 0.637. The maximum absolute atomic E-state index is 13.5. The van der Waals surface area contributed by atoms with Gasteiger partial charge in [-0.2, -0.15) is 0 Å². The number of fused-ring (bicyclic) bond motifs is 3. The van der Waals surface area contributed by atoms with E-state index in [0.29, 0.717) is 17.6 Å². The van der Waals surface area contributed by atoms with Crippen LogP contribution in [0.1, 0.15) is 5.56 Å². The van der Waals surface area contributed by atoms with Gasteiger partial charge in [0.15, 0.2) is 0 Å². The SMILES string of the molecule is COc1ccc(Cn2cc3c4ccccc4n(S(=O)(=O)c4ccccc4)c3c2)cc1. The van der Waals surface area contributed by atoms with Crippen LogP contribution in [-0.2, 0) is 16.6 Å². The smallest absolute Gasteiger partial charge is 0.268 e. The van der Waals surface area contributed by atoms with E-state index in [1.807, 2.05) is 71.6 Å². The molecule has 150 valence electrons. The second kappa shape index (κ2) is 7.07. The predicted octanol–water partition coefficient (Wildman–Crippen LogP) is 4.89. The van der Waals surface area contributed by atoms with Crippen molar-refractivity contribution in [2.24, 2.45) is 0 Å². The lowest BCUT2D eigenvalue weighted by molar-refractivity contribution is 0.414. The predicted molar refractivity (Wildman–Crippen MR) is 119 cm³/mol. The number of nitrogens with zero attached hydrogens (tertiary/aromatic N) is 2. The molecule has 5 aromatic rings. The van der Waals surface area contributed by atoms with Crippen LogP contribution in [0.3, 0.4) is 0 Å². The largest absolute Gasteiger partial charge is 0.497 e. The minimum absolute atomic E-state index is 0.274. The molecule has 0 radical (unpaired) electrons. The van der Waals surface area contributed by atoms with E-state index in [4.69, 9.17) is 4.74 Å². The van der Waals surface area contributed by atoms with Gasteiger partial charge < -0.3 is 9.30 Å². The highest BCUT2D eigenvalue weighted by atomic mass is 32.2. The Balaban J connectivity index is 1.68. The number of aromatic nitrogens is 2. The standard InChI is InChI=1S/C24H20N2O3S/c1-29-19-13-11-18(12-14-19)15-25-16-22-21-9-5-6-10-23(21)26(24(22)17-25)30(27,28)20-7-3-2-4-8-20/h2-14,16-17H,15H2,1H3. The fourth-order valence-corrected chi connectivity index (χ4v) is 5.40. The van der Waals surface area contributed by atoms with Crippen LogP contribution >= 0.6 is 0 Å². The third-order valence-corrected chi connectivity index (χ3v) is 7.04. The van der Waals surface area contributed by atoms with E-state index in [1.165, 1.54) is 3.97 Å². The molecule has 0 aliphatic carbocycles. The van der Waals surface area contributed by atoms with Crippen LogP contribution in [0.5, 0.6) is 5.75 Å². The first-order valence-corrected chi connectivity index (χ1v) is 11.0. The fraction of sp³-hybridized carbons (Fsp3) is 0.0833. The Hall–Kier alpha value is -3.51. The highest BCUT2D eigenvalue weighted by Crippen LogP contribution is 2.33. The molecule has 0 aliphatic heterocycles. The maximum atomic E-state index is 13.5. The van der Waals surface area contributed by atoms with Crippen LogP contribution in [0.2, 0.25) is 0 Å². The number of rotatable bonds is 5. The average Bonchev–Trinajstić information content (AvgIpc) is 3.31. The molecule has 5 rings (SSSR count). The monoisotopic (exact) mass is 416 g/mol. The Morgan fingerprint density at radius 3 is 2.20 bits per heavy atom. The maximum Gasteiger partial charge on any atom is 0.268 e. The summed E-state index contributed by atoms with van der Waals surface area (Å²) in [7, 11) is -2.09. The van der Waals surface area contributed by atoms with Crippen molar-refractivity contribution in [1.29, 1.82) is 0 Å². The van der Waals surface area contributed by atoms with E-state index in [0.717, 1.165) is 22.1 Å². The van der Waals surface area contributed by atoms with Crippen LogP contribution in [-0.4, -0.2) is 24.1 Å². The lowest BCUT2D eigenvalue weighted by atomic mass is 10.2. The van der Waals surface area contributed by atoms with Crippen molar-refractivity contribution >= 4 is 31.8 Å². The summed E-state index contributed by atoms with van der Waals surface area (Å²) in [5.41, 5.74) is 2.46. The van der Waals surface area contributed by atoms with E-state index in [1.54, 1.807) is 31.4 Å². The van der Waals surface area contributed by atoms with Crippen LogP contribution < -0.4 is 4.74 Å². The Morgan fingerprint density at radius 1 is 0.767 bits per heavy atom. The zero-order chi connectivity index (χ0) is 20.7. The molecule has 0 unspecified atom stereocenters. The topological polar surface area (TPSA) is 53.2 Å². The second-order valence-corrected chi connectivity index (χ2v) is 8.96. The molecule has 5 nitrogen and oxygen atoms in total. The summed E-state index contributed by atoms with van der Waals surface area (Å²) >= 11 is 0. The molecular formula is C24H20N2O3S. The third kappa shape index (κ3) is 2.97. The van der Waals surface area contributed by atoms with Gasteiger partial charge in [0.2, 0.25) is 0 Å². The molecule has 0 bridgehead atoms. The van der Waals surface area contributed by atoms with E-state index >= 15 is 0 Å². The zero-order valence-electron chi connectivity index (χ0n) is 16.4. The quantitative estimate of drug-likeness (QED) is 0.410. The third-order valence-electron chi connectivity index (χ3n) is 5.30. The van der Waals surface area contributed by atoms with Gasteiger partial charge in [0.25, 0.3) is 10.0 Å². The molecule has 3 aromatic carbocycles. The highest BCUT2D eigenvalue weighted by Gasteiger charge is 2.24. The molecule has 0 atom stereocenters. The minimum atomic E-state index is -3.73. The fourth-order valence-electron chi connectivity index (χ4n) is 3.86. The van der Waals surface area contributed by atoms with Crippen molar-refractivity contribution in [3.8, 4) is 5.75 Å². The zero-order valence-corrected chi connectivity index (χ0v) is 17.2. The molecule has 2 heterocycles. The first-order chi connectivity index (χ1) is 14.6. The van der Waals surface area contributed by atoms with Gasteiger partial charge >= 0.3 is 0 Å². The van der Waals surface area contributed by atoms with Crippen molar-refractivity contribution < 1.29 is 13.2 Å². The van der Waals surface area contributed by atoms with Gasteiger partial charge in [0, 0.05) is 29.7 Å². The molecule has 0 saturated heterocycles. The van der Waals surface area contributed by atoms with Crippen molar-refractivity contribution in [3.05, 3.63) is 96.8 Å². The average molecular weight is 417 g/mol. The minimum Gasteiger partial charge on any atom is -0.497 e. The van der Waals surface area contributed by atoms with Gasteiger partial charge in [-0.25, -0.2) is 12.4 Å². The number of hydrogen-bond donors (Lipinski definition) is 0. The van der Waals surface area contributed by atoms with Gasteiger partial charge in [-0.3, -0.25) is 0 Å². The summed E-state index contributed by atoms with van der Waals surface area (Å²) in [4.78, 5) is 0.274. The highest BCUT2D eigenvalue weighted by molar-refractivity contribution is 7.90. The van der Waals surface area contributed by atoms with Crippen LogP contribution in [0.4, 0.5) is 0 Å². The van der Waals surface area contributed by atoms with E-state index < -0.39 is 10.0 Å². The van der Waals surface area contributed by atoms with Crippen LogP contribution in [0.25, 0.3) is 21.8 Å². The molecule has 30 heavy (non-hydrogen) atoms. The summed E-state index contributed by atoms with van der Waals surface area (Å²) < 4.78 is 35.7. The first-order valence-electron chi connectivity index (χ1n) is 9.60. The molecule has 0 saturated carbocycles. The second-order valence-electron chi connectivity index (χ2n) is 7.18. The molecular weight excluding hydrogens is 396 g/mol. The van der Waals surface area contributed by atoms with Crippen LogP contribution in [0, 0.1) is 0 Å². The van der Waals surface area contributed by atoms with E-state index in [-0.39, 0.29) is 4.90 Å². The van der Waals surface area contributed by atoms with Crippen molar-refractivity contribution in [2.45, 2.75) is 11.4 Å². The summed E-state index contributed by atoms with van der Waals surface area (Å²) in [5.74, 6) is 0.808. The Bertz CT molecular complexity index is 1450. The molecule has 0 fully saturated rings. The van der Waals surface area contributed by atoms with Gasteiger partial charge in [0.05, 0.1) is 23.0 Å². The van der Waals surface area contributed by atoms with Crippen molar-refractivity contribution in [3.63, 3.8) is 0 Å². The Morgan fingerprint density at radius 2 is 1.47 bits per heavy atom. The molecule has 0 N–H and O–H groups in total. The van der Waals surface area contributed by atoms with Gasteiger partial charge in [-0.05, 0) is 35.9 Å². The number of methoxy groups -OCH3 is 1. The van der Waals surface area contributed by atoms with E-state index in [2.05, 4.69) is 0 Å². The van der Waals surface area contributed by atoms with Gasteiger partial charge in [-0.1, -0.05) is 48.5 Å². The molecule has 6 heteroatoms. The normalized spacial score (nSPS) is 11.9. The van der Waals surface area contributed by atoms with Crippen molar-refractivity contribution in [2.75, 3.05) is 7.11 Å². The van der Waals surface area contributed by atoms with Gasteiger partial charge in [-0.15, -0.1) is 0 Å². The Labute approximate surface area is 174 Å². The van der Waals surface area contributed by atoms with Crippen LogP contribution in [0.15, 0.2) is 96.2 Å². The lowest BCUT2D eigenvalue weighted by Gasteiger charge is -2.09. The lowest BCUT2D eigenvalue weighted by Crippen LogP contribution is -2.12. The van der Waals surface area contributed by atoms with Gasteiger partial charge in [0.1, 0.15) is 5.75 Å². The van der Waals surface area contributed by atoms with Crippen molar-refractivity contribution in [1.82, 2.24) is 8.54 Å². The first kappa shape index (κ1) is 18.5. The molecule has 0 aliphatic rings. The number of benzene rings is 3. The summed E-state index contributed by atoms with van der Waals surface area (Å²) in [5, 5.41) is 1.83. The molecule has 2 aromatic heterocycles. The number of para-hydroxylation sites is 1. The summed E-state index contributed by atoms with van der Waals surface area (Å²) in [6, 6.07) is 24.0. The van der Waals surface area contributed by atoms with E-state index in [9.17, 15) is 8.42 Å².